The van der Waals surface area contributed by atoms with Crippen LogP contribution in [0.4, 0.5) is 5.69 Å². The van der Waals surface area contributed by atoms with Crippen LogP contribution in [0.1, 0.15) is 13.8 Å². The summed E-state index contributed by atoms with van der Waals surface area (Å²) in [5.74, 6) is 0. The molecule has 0 fully saturated rings. The molecule has 0 radical (unpaired) electrons. The molecule has 0 bridgehead atoms. The molecule has 12 heavy (non-hydrogen) atoms. The standard InChI is InChI=1S/C8H10Br2N2/c1-5(2)11-6-3-4-7(9)12-8(6)10/h3-5,11H,1-2H3. The SMILES string of the molecule is CC(C)Nc1ccc(Br)nc1Br. The van der Waals surface area contributed by atoms with Crippen LogP contribution in [0, 0.1) is 0 Å². The van der Waals surface area contributed by atoms with Crippen molar-refractivity contribution in [2.75, 3.05) is 5.32 Å². The molecule has 0 unspecified atom stereocenters. The molecule has 0 aliphatic rings. The smallest absolute Gasteiger partial charge is 0.130 e. The Morgan fingerprint density at radius 1 is 1.33 bits per heavy atom. The van der Waals surface area contributed by atoms with Crippen molar-refractivity contribution in [3.8, 4) is 0 Å². The van der Waals surface area contributed by atoms with Crippen LogP contribution in [-0.2, 0) is 0 Å². The highest BCUT2D eigenvalue weighted by Gasteiger charge is 2.02. The van der Waals surface area contributed by atoms with Gasteiger partial charge in [0.15, 0.2) is 0 Å². The van der Waals surface area contributed by atoms with Crippen LogP contribution in [0.25, 0.3) is 0 Å². The minimum absolute atomic E-state index is 0.421. The first-order valence-corrected chi connectivity index (χ1v) is 5.27. The lowest BCUT2D eigenvalue weighted by atomic mass is 10.3. The van der Waals surface area contributed by atoms with Gasteiger partial charge in [-0.1, -0.05) is 0 Å². The van der Waals surface area contributed by atoms with E-state index in [-0.39, 0.29) is 0 Å². The predicted molar refractivity (Wildman–Crippen MR) is 58.4 cm³/mol. The summed E-state index contributed by atoms with van der Waals surface area (Å²) >= 11 is 6.67. The van der Waals surface area contributed by atoms with Crippen molar-refractivity contribution >= 4 is 37.5 Å². The van der Waals surface area contributed by atoms with Crippen LogP contribution in [-0.4, -0.2) is 11.0 Å². The molecule has 1 N–H and O–H groups in total. The Bertz CT molecular complexity index is 274. The Morgan fingerprint density at radius 2 is 2.00 bits per heavy atom. The molecule has 1 aromatic heterocycles. The van der Waals surface area contributed by atoms with E-state index < -0.39 is 0 Å². The zero-order valence-corrected chi connectivity index (χ0v) is 10.1. The fraction of sp³-hybridized carbons (Fsp3) is 0.375. The van der Waals surface area contributed by atoms with Crippen LogP contribution in [0.5, 0.6) is 0 Å². The zero-order chi connectivity index (χ0) is 9.14. The summed E-state index contributed by atoms with van der Waals surface area (Å²) in [6.07, 6.45) is 0. The molecule has 0 aromatic carbocycles. The highest BCUT2D eigenvalue weighted by Crippen LogP contribution is 2.22. The van der Waals surface area contributed by atoms with Gasteiger partial charge in [0.25, 0.3) is 0 Å². The van der Waals surface area contributed by atoms with Crippen molar-refractivity contribution in [3.05, 3.63) is 21.3 Å². The third-order valence-electron chi connectivity index (χ3n) is 1.26. The number of anilines is 1. The van der Waals surface area contributed by atoms with Gasteiger partial charge in [-0.25, -0.2) is 4.98 Å². The van der Waals surface area contributed by atoms with E-state index in [1.165, 1.54) is 0 Å². The Labute approximate surface area is 89.0 Å². The summed E-state index contributed by atoms with van der Waals surface area (Å²) in [5.41, 5.74) is 1.02. The third-order valence-corrected chi connectivity index (χ3v) is 2.31. The number of hydrogen-bond donors (Lipinski definition) is 1. The molecule has 2 nitrogen and oxygen atoms in total. The normalized spacial score (nSPS) is 10.4. The van der Waals surface area contributed by atoms with Crippen LogP contribution < -0.4 is 5.32 Å². The van der Waals surface area contributed by atoms with Crippen LogP contribution in [0.15, 0.2) is 21.3 Å². The maximum Gasteiger partial charge on any atom is 0.130 e. The van der Waals surface area contributed by atoms with Gasteiger partial charge in [-0.05, 0) is 57.8 Å². The monoisotopic (exact) mass is 292 g/mol. The molecule has 0 saturated heterocycles. The zero-order valence-electron chi connectivity index (χ0n) is 6.94. The molecular formula is C8H10Br2N2. The van der Waals surface area contributed by atoms with Gasteiger partial charge in [-0.15, -0.1) is 0 Å². The van der Waals surface area contributed by atoms with E-state index in [0.717, 1.165) is 14.9 Å². The van der Waals surface area contributed by atoms with E-state index in [9.17, 15) is 0 Å². The van der Waals surface area contributed by atoms with Gasteiger partial charge in [0.05, 0.1) is 5.69 Å². The molecule has 0 aliphatic carbocycles. The summed E-state index contributed by atoms with van der Waals surface area (Å²) in [6, 6.07) is 4.32. The van der Waals surface area contributed by atoms with Crippen LogP contribution in [0.3, 0.4) is 0 Å². The molecule has 0 atom stereocenters. The van der Waals surface area contributed by atoms with E-state index in [2.05, 4.69) is 56.0 Å². The number of halogens is 2. The quantitative estimate of drug-likeness (QED) is 0.845. The van der Waals surface area contributed by atoms with Gasteiger partial charge in [-0.3, -0.25) is 0 Å². The minimum atomic E-state index is 0.421. The molecule has 0 saturated carbocycles. The first kappa shape index (κ1) is 9.99. The molecule has 1 heterocycles. The molecule has 4 heteroatoms. The van der Waals surface area contributed by atoms with Crippen molar-refractivity contribution in [2.24, 2.45) is 0 Å². The van der Waals surface area contributed by atoms with Crippen LogP contribution in [0.2, 0.25) is 0 Å². The molecule has 1 aromatic rings. The predicted octanol–water partition coefficient (Wildman–Crippen LogP) is 3.43. The molecule has 0 aliphatic heterocycles. The second kappa shape index (κ2) is 4.23. The van der Waals surface area contributed by atoms with Gasteiger partial charge in [0.2, 0.25) is 0 Å². The number of hydrogen-bond acceptors (Lipinski definition) is 2. The highest BCUT2D eigenvalue weighted by atomic mass is 79.9. The van der Waals surface area contributed by atoms with Crippen molar-refractivity contribution in [2.45, 2.75) is 19.9 Å². The van der Waals surface area contributed by atoms with Gasteiger partial charge in [0, 0.05) is 6.04 Å². The maximum atomic E-state index is 4.20. The number of aromatic nitrogens is 1. The number of nitrogens with one attached hydrogen (secondary N) is 1. The minimum Gasteiger partial charge on any atom is -0.381 e. The average molecular weight is 294 g/mol. The van der Waals surface area contributed by atoms with Gasteiger partial charge >= 0.3 is 0 Å². The molecule has 1 rings (SSSR count). The summed E-state index contributed by atoms with van der Waals surface area (Å²) in [5, 5.41) is 3.27. The Balaban J connectivity index is 2.86. The average Bonchev–Trinajstić information content (AvgIpc) is 1.94. The maximum absolute atomic E-state index is 4.20. The molecule has 0 amide bonds. The fourth-order valence-electron chi connectivity index (χ4n) is 0.831. The largest absolute Gasteiger partial charge is 0.381 e. The Hall–Kier alpha value is -0.0900. The van der Waals surface area contributed by atoms with Crippen molar-refractivity contribution in [3.63, 3.8) is 0 Å². The second-order valence-electron chi connectivity index (χ2n) is 2.77. The summed E-state index contributed by atoms with van der Waals surface area (Å²) in [4.78, 5) is 4.20. The molecule has 0 spiro atoms. The summed E-state index contributed by atoms with van der Waals surface area (Å²) in [6.45, 7) is 4.18. The topological polar surface area (TPSA) is 24.9 Å². The summed E-state index contributed by atoms with van der Waals surface area (Å²) < 4.78 is 1.68. The van der Waals surface area contributed by atoms with Gasteiger partial charge < -0.3 is 5.32 Å². The van der Waals surface area contributed by atoms with Crippen molar-refractivity contribution in [1.29, 1.82) is 0 Å². The van der Waals surface area contributed by atoms with Crippen LogP contribution >= 0.6 is 31.9 Å². The van der Waals surface area contributed by atoms with E-state index in [1.807, 2.05) is 12.1 Å². The Kier molecular flexibility index (Phi) is 3.53. The lowest BCUT2D eigenvalue weighted by Crippen LogP contribution is -2.10. The lowest BCUT2D eigenvalue weighted by Gasteiger charge is -2.10. The van der Waals surface area contributed by atoms with E-state index in [1.54, 1.807) is 0 Å². The molecular weight excluding hydrogens is 284 g/mol. The third kappa shape index (κ3) is 2.75. The van der Waals surface area contributed by atoms with E-state index >= 15 is 0 Å². The Morgan fingerprint density at radius 3 is 2.50 bits per heavy atom. The van der Waals surface area contributed by atoms with Gasteiger partial charge in [0.1, 0.15) is 9.21 Å². The second-order valence-corrected chi connectivity index (χ2v) is 4.33. The van der Waals surface area contributed by atoms with Crippen molar-refractivity contribution < 1.29 is 0 Å². The summed E-state index contributed by atoms with van der Waals surface area (Å²) in [7, 11) is 0. The van der Waals surface area contributed by atoms with Gasteiger partial charge in [-0.2, -0.15) is 0 Å². The first-order chi connectivity index (χ1) is 5.59. The first-order valence-electron chi connectivity index (χ1n) is 3.68. The number of nitrogens with zero attached hydrogens (tertiary/aromatic N) is 1. The number of rotatable bonds is 2. The molecule has 66 valence electrons. The number of pyridine rings is 1. The van der Waals surface area contributed by atoms with E-state index in [4.69, 9.17) is 0 Å². The fourth-order valence-corrected chi connectivity index (χ4v) is 1.82. The highest BCUT2D eigenvalue weighted by molar-refractivity contribution is 9.11. The lowest BCUT2D eigenvalue weighted by molar-refractivity contribution is 0.895. The van der Waals surface area contributed by atoms with E-state index in [0.29, 0.717) is 6.04 Å². The van der Waals surface area contributed by atoms with Crippen molar-refractivity contribution in [1.82, 2.24) is 4.98 Å².